The quantitative estimate of drug-likeness (QED) is 0.874. The van der Waals surface area contributed by atoms with Gasteiger partial charge in [-0.15, -0.1) is 12.4 Å². The minimum Gasteiger partial charge on any atom is -0.398 e. The highest BCUT2D eigenvalue weighted by Gasteiger charge is 2.23. The highest BCUT2D eigenvalue weighted by atomic mass is 35.5. The number of halogens is 1. The number of hydrogen-bond donors (Lipinski definition) is 1. The molecule has 6 heteroatoms. The number of nitrogen functional groups attached to an aromatic ring is 1. The third kappa shape index (κ3) is 4.21. The molecule has 1 fully saturated rings. The first-order chi connectivity index (χ1) is 10.7. The summed E-state index contributed by atoms with van der Waals surface area (Å²) in [6.07, 6.45) is 3.67. The van der Waals surface area contributed by atoms with Gasteiger partial charge < -0.3 is 10.6 Å². The molecule has 1 saturated heterocycles. The lowest BCUT2D eigenvalue weighted by atomic mass is 10.1. The first-order valence-electron chi connectivity index (χ1n) is 7.49. The minimum absolute atomic E-state index is 0. The summed E-state index contributed by atoms with van der Waals surface area (Å²) >= 11 is 0. The average Bonchev–Trinajstić information content (AvgIpc) is 2.56. The first kappa shape index (κ1) is 17.2. The number of benzene rings is 1. The number of nitrogens with two attached hydrogens (primary N) is 1. The third-order valence-corrected chi connectivity index (χ3v) is 3.98. The summed E-state index contributed by atoms with van der Waals surface area (Å²) in [6.45, 7) is 4.07. The van der Waals surface area contributed by atoms with Gasteiger partial charge in [0.1, 0.15) is 0 Å². The van der Waals surface area contributed by atoms with E-state index in [1.165, 1.54) is 5.56 Å². The Balaban J connectivity index is 0.00000192. The van der Waals surface area contributed by atoms with E-state index in [1.54, 1.807) is 18.3 Å². The lowest BCUT2D eigenvalue weighted by molar-refractivity contribution is 0.0629. The molecule has 3 rings (SSSR count). The van der Waals surface area contributed by atoms with Crippen molar-refractivity contribution in [2.75, 3.05) is 31.9 Å². The first-order valence-corrected chi connectivity index (χ1v) is 7.49. The molecule has 122 valence electrons. The van der Waals surface area contributed by atoms with E-state index >= 15 is 0 Å². The Morgan fingerprint density at radius 2 is 1.83 bits per heavy atom. The largest absolute Gasteiger partial charge is 0.398 e. The Bertz CT molecular complexity index is 642. The molecule has 1 aromatic carbocycles. The van der Waals surface area contributed by atoms with Gasteiger partial charge in [-0.05, 0) is 23.8 Å². The van der Waals surface area contributed by atoms with Crippen molar-refractivity contribution in [3.8, 4) is 0 Å². The molecule has 0 unspecified atom stereocenters. The van der Waals surface area contributed by atoms with E-state index in [9.17, 15) is 4.79 Å². The van der Waals surface area contributed by atoms with Gasteiger partial charge in [-0.25, -0.2) is 0 Å². The lowest BCUT2D eigenvalue weighted by Crippen LogP contribution is -2.48. The maximum atomic E-state index is 12.5. The van der Waals surface area contributed by atoms with Gasteiger partial charge in [0.25, 0.3) is 5.91 Å². The lowest BCUT2D eigenvalue weighted by Gasteiger charge is -2.34. The second kappa shape index (κ2) is 7.94. The smallest absolute Gasteiger partial charge is 0.256 e. The molecule has 0 atom stereocenters. The number of nitrogens with zero attached hydrogens (tertiary/aromatic N) is 3. The van der Waals surface area contributed by atoms with E-state index in [1.807, 2.05) is 29.3 Å². The van der Waals surface area contributed by atoms with Gasteiger partial charge >= 0.3 is 0 Å². The predicted molar refractivity (Wildman–Crippen MR) is 93.5 cm³/mol. The molecule has 1 amide bonds. The molecule has 1 aliphatic heterocycles. The molecule has 2 N–H and O–H groups in total. The topological polar surface area (TPSA) is 62.5 Å². The van der Waals surface area contributed by atoms with Crippen molar-refractivity contribution in [2.24, 2.45) is 0 Å². The van der Waals surface area contributed by atoms with E-state index in [2.05, 4.69) is 16.0 Å². The minimum atomic E-state index is 0. The molecule has 0 spiro atoms. The van der Waals surface area contributed by atoms with Gasteiger partial charge in [-0.3, -0.25) is 14.7 Å². The number of para-hydroxylation sites is 1. The van der Waals surface area contributed by atoms with Crippen LogP contribution in [0.2, 0.25) is 0 Å². The monoisotopic (exact) mass is 332 g/mol. The normalized spacial score (nSPS) is 15.0. The van der Waals surface area contributed by atoms with Crippen LogP contribution in [-0.4, -0.2) is 46.9 Å². The Morgan fingerprint density at radius 3 is 2.48 bits per heavy atom. The highest BCUT2D eigenvalue weighted by Crippen LogP contribution is 2.15. The number of piperazine rings is 1. The predicted octanol–water partition coefficient (Wildman–Crippen LogP) is 2.04. The number of pyridine rings is 1. The summed E-state index contributed by atoms with van der Waals surface area (Å²) in [6, 6.07) is 11.3. The zero-order valence-electron chi connectivity index (χ0n) is 12.9. The van der Waals surface area contributed by atoms with Crippen molar-refractivity contribution in [3.05, 3.63) is 59.9 Å². The summed E-state index contributed by atoms with van der Waals surface area (Å²) in [5, 5.41) is 0. The van der Waals surface area contributed by atoms with Gasteiger partial charge in [0.2, 0.25) is 0 Å². The van der Waals surface area contributed by atoms with Crippen LogP contribution in [0.15, 0.2) is 48.8 Å². The molecule has 0 saturated carbocycles. The van der Waals surface area contributed by atoms with Gasteiger partial charge in [-0.1, -0.05) is 18.2 Å². The Hall–Kier alpha value is -2.11. The number of anilines is 1. The standard InChI is InChI=1S/C17H20N4O.ClH/c18-16-6-2-1-5-15(16)17(22)21-10-8-20(9-11-21)13-14-4-3-7-19-12-14;/h1-7,12H,8-11,13,18H2;1H. The van der Waals surface area contributed by atoms with E-state index in [0.717, 1.165) is 32.7 Å². The summed E-state index contributed by atoms with van der Waals surface area (Å²) in [5.74, 6) is 0.0270. The van der Waals surface area contributed by atoms with Crippen molar-refractivity contribution in [3.63, 3.8) is 0 Å². The van der Waals surface area contributed by atoms with Gasteiger partial charge in [0.15, 0.2) is 0 Å². The Morgan fingerprint density at radius 1 is 1.09 bits per heavy atom. The summed E-state index contributed by atoms with van der Waals surface area (Å²) < 4.78 is 0. The molecule has 0 aliphatic carbocycles. The maximum absolute atomic E-state index is 12.5. The fourth-order valence-electron chi connectivity index (χ4n) is 2.72. The van der Waals surface area contributed by atoms with Crippen molar-refractivity contribution in [1.29, 1.82) is 0 Å². The highest BCUT2D eigenvalue weighted by molar-refractivity contribution is 5.99. The van der Waals surface area contributed by atoms with Crippen LogP contribution in [0.4, 0.5) is 5.69 Å². The molecular weight excluding hydrogens is 312 g/mol. The molecule has 1 aromatic heterocycles. The van der Waals surface area contributed by atoms with Crippen LogP contribution in [0.5, 0.6) is 0 Å². The van der Waals surface area contributed by atoms with Crippen molar-refractivity contribution < 1.29 is 4.79 Å². The van der Waals surface area contributed by atoms with Crippen LogP contribution in [0.25, 0.3) is 0 Å². The average molecular weight is 333 g/mol. The molecular formula is C17H21ClN4O. The number of carbonyl (C=O) groups excluding carboxylic acids is 1. The fraction of sp³-hybridized carbons (Fsp3) is 0.294. The van der Waals surface area contributed by atoms with Gasteiger partial charge in [0.05, 0.1) is 5.56 Å². The summed E-state index contributed by atoms with van der Waals surface area (Å²) in [7, 11) is 0. The number of amides is 1. The number of carbonyl (C=O) groups is 1. The van der Waals surface area contributed by atoms with E-state index in [0.29, 0.717) is 11.3 Å². The zero-order chi connectivity index (χ0) is 15.4. The summed E-state index contributed by atoms with van der Waals surface area (Å²) in [5.41, 5.74) is 8.24. The molecule has 5 nitrogen and oxygen atoms in total. The molecule has 2 heterocycles. The second-order valence-corrected chi connectivity index (χ2v) is 5.52. The van der Waals surface area contributed by atoms with Gasteiger partial charge in [0, 0.05) is 50.8 Å². The summed E-state index contributed by atoms with van der Waals surface area (Å²) in [4.78, 5) is 20.9. The van der Waals surface area contributed by atoms with Crippen LogP contribution in [0.1, 0.15) is 15.9 Å². The second-order valence-electron chi connectivity index (χ2n) is 5.52. The van der Waals surface area contributed by atoms with Crippen molar-refractivity contribution >= 4 is 24.0 Å². The van der Waals surface area contributed by atoms with E-state index in [-0.39, 0.29) is 18.3 Å². The SMILES string of the molecule is Cl.Nc1ccccc1C(=O)N1CCN(Cc2cccnc2)CC1. The fourth-order valence-corrected chi connectivity index (χ4v) is 2.72. The van der Waals surface area contributed by atoms with E-state index < -0.39 is 0 Å². The molecule has 0 bridgehead atoms. The molecule has 23 heavy (non-hydrogen) atoms. The van der Waals surface area contributed by atoms with Crippen LogP contribution >= 0.6 is 12.4 Å². The third-order valence-electron chi connectivity index (χ3n) is 3.98. The Labute approximate surface area is 142 Å². The Kier molecular flexibility index (Phi) is 5.96. The van der Waals surface area contributed by atoms with Crippen molar-refractivity contribution in [1.82, 2.24) is 14.8 Å². The van der Waals surface area contributed by atoms with Crippen LogP contribution in [0, 0.1) is 0 Å². The number of aromatic nitrogens is 1. The molecule has 2 aromatic rings. The molecule has 0 radical (unpaired) electrons. The zero-order valence-corrected chi connectivity index (χ0v) is 13.7. The number of rotatable bonds is 3. The van der Waals surface area contributed by atoms with Crippen LogP contribution in [-0.2, 0) is 6.54 Å². The van der Waals surface area contributed by atoms with E-state index in [4.69, 9.17) is 5.73 Å². The van der Waals surface area contributed by atoms with Gasteiger partial charge in [-0.2, -0.15) is 0 Å². The van der Waals surface area contributed by atoms with Crippen LogP contribution < -0.4 is 5.73 Å². The maximum Gasteiger partial charge on any atom is 0.256 e. The number of hydrogen-bond acceptors (Lipinski definition) is 4. The van der Waals surface area contributed by atoms with Crippen LogP contribution in [0.3, 0.4) is 0 Å². The van der Waals surface area contributed by atoms with Crippen molar-refractivity contribution in [2.45, 2.75) is 6.54 Å². The molecule has 1 aliphatic rings.